The largest absolute Gasteiger partial charge is 0.454 e. The maximum atomic E-state index is 13.2. The summed E-state index contributed by atoms with van der Waals surface area (Å²) in [7, 11) is 3.35. The molecule has 0 bridgehead atoms. The van der Waals surface area contributed by atoms with Gasteiger partial charge < -0.3 is 19.4 Å². The van der Waals surface area contributed by atoms with Crippen molar-refractivity contribution in [2.75, 3.05) is 12.1 Å². The van der Waals surface area contributed by atoms with Crippen LogP contribution in [0, 0.1) is 0 Å². The molecule has 0 aliphatic carbocycles. The average Bonchev–Trinajstić information content (AvgIpc) is 3.38. The first-order valence-corrected chi connectivity index (χ1v) is 10.3. The second-order valence-electron chi connectivity index (χ2n) is 7.57. The van der Waals surface area contributed by atoms with Crippen molar-refractivity contribution in [2.24, 2.45) is 14.1 Å². The SMILES string of the molecule is Cn1c(NCc2ccc3c(c2)OCO3)nc2c1c(=O)n(Cc1cccc(Cl)c1)c(=O)n2C. The maximum Gasteiger partial charge on any atom is 0.332 e. The van der Waals surface area contributed by atoms with Gasteiger partial charge in [-0.3, -0.25) is 13.9 Å². The molecule has 2 aromatic carbocycles. The minimum atomic E-state index is -0.442. The Bertz CT molecular complexity index is 1470. The van der Waals surface area contributed by atoms with Gasteiger partial charge >= 0.3 is 5.69 Å². The molecular formula is C22H20ClN5O4. The minimum absolute atomic E-state index is 0.118. The lowest BCUT2D eigenvalue weighted by molar-refractivity contribution is 0.174. The van der Waals surface area contributed by atoms with Gasteiger partial charge in [0.15, 0.2) is 22.7 Å². The summed E-state index contributed by atoms with van der Waals surface area (Å²) in [5, 5.41) is 3.78. The molecule has 10 heteroatoms. The first kappa shape index (κ1) is 20.2. The molecule has 32 heavy (non-hydrogen) atoms. The summed E-state index contributed by atoms with van der Waals surface area (Å²) in [6.45, 7) is 0.790. The lowest BCUT2D eigenvalue weighted by Crippen LogP contribution is -2.39. The Labute approximate surface area is 187 Å². The summed E-state index contributed by atoms with van der Waals surface area (Å²) in [5.74, 6) is 1.89. The number of imidazole rings is 1. The van der Waals surface area contributed by atoms with E-state index in [9.17, 15) is 9.59 Å². The normalized spacial score (nSPS) is 12.5. The molecule has 0 unspecified atom stereocenters. The number of benzene rings is 2. The van der Waals surface area contributed by atoms with Gasteiger partial charge in [-0.05, 0) is 35.4 Å². The Balaban J connectivity index is 1.50. The molecule has 0 radical (unpaired) electrons. The third-order valence-corrected chi connectivity index (χ3v) is 5.71. The molecule has 9 nitrogen and oxygen atoms in total. The Morgan fingerprint density at radius 1 is 1.03 bits per heavy atom. The molecule has 1 aliphatic heterocycles. The molecule has 0 atom stereocenters. The number of nitrogens with one attached hydrogen (secondary N) is 1. The number of hydrogen-bond donors (Lipinski definition) is 1. The van der Waals surface area contributed by atoms with Crippen molar-refractivity contribution < 1.29 is 9.47 Å². The van der Waals surface area contributed by atoms with Crippen molar-refractivity contribution in [3.63, 3.8) is 0 Å². The smallest absolute Gasteiger partial charge is 0.332 e. The molecule has 0 amide bonds. The van der Waals surface area contributed by atoms with E-state index in [1.807, 2.05) is 24.3 Å². The van der Waals surface area contributed by atoms with Crippen LogP contribution in [-0.2, 0) is 27.2 Å². The molecule has 0 saturated carbocycles. The number of aryl methyl sites for hydroxylation is 2. The fraction of sp³-hybridized carbons (Fsp3) is 0.227. The summed E-state index contributed by atoms with van der Waals surface area (Å²) in [6.07, 6.45) is 0. The zero-order chi connectivity index (χ0) is 22.4. The fourth-order valence-corrected chi connectivity index (χ4v) is 4.00. The quantitative estimate of drug-likeness (QED) is 0.499. The third kappa shape index (κ3) is 3.40. The number of fused-ring (bicyclic) bond motifs is 2. The minimum Gasteiger partial charge on any atom is -0.454 e. The number of hydrogen-bond acceptors (Lipinski definition) is 6. The van der Waals surface area contributed by atoms with E-state index in [1.54, 1.807) is 36.9 Å². The van der Waals surface area contributed by atoms with Crippen molar-refractivity contribution in [1.29, 1.82) is 0 Å². The Morgan fingerprint density at radius 2 is 1.84 bits per heavy atom. The highest BCUT2D eigenvalue weighted by atomic mass is 35.5. The number of ether oxygens (including phenoxy) is 2. The molecule has 0 saturated heterocycles. The molecule has 5 rings (SSSR count). The van der Waals surface area contributed by atoms with Gasteiger partial charge in [-0.25, -0.2) is 4.79 Å². The highest BCUT2D eigenvalue weighted by Gasteiger charge is 2.19. The van der Waals surface area contributed by atoms with Gasteiger partial charge in [0.1, 0.15) is 0 Å². The number of nitrogens with zero attached hydrogens (tertiary/aromatic N) is 4. The Kier molecular flexibility index (Phi) is 4.90. The zero-order valence-electron chi connectivity index (χ0n) is 17.5. The van der Waals surface area contributed by atoms with Crippen LogP contribution < -0.4 is 26.0 Å². The second-order valence-corrected chi connectivity index (χ2v) is 8.01. The molecule has 0 spiro atoms. The van der Waals surface area contributed by atoms with Crippen molar-refractivity contribution in [2.45, 2.75) is 13.1 Å². The van der Waals surface area contributed by atoms with E-state index in [2.05, 4.69) is 10.3 Å². The van der Waals surface area contributed by atoms with Crippen LogP contribution in [0.25, 0.3) is 11.2 Å². The van der Waals surface area contributed by atoms with Crippen LogP contribution in [0.3, 0.4) is 0 Å². The molecular weight excluding hydrogens is 434 g/mol. The van der Waals surface area contributed by atoms with Gasteiger partial charge in [0.25, 0.3) is 5.56 Å². The van der Waals surface area contributed by atoms with Crippen LogP contribution in [0.2, 0.25) is 5.02 Å². The summed E-state index contributed by atoms with van der Waals surface area (Å²) < 4.78 is 15.0. The molecule has 0 fully saturated rings. The van der Waals surface area contributed by atoms with E-state index in [0.717, 1.165) is 11.1 Å². The summed E-state index contributed by atoms with van der Waals surface area (Å²) >= 11 is 6.05. The fourth-order valence-electron chi connectivity index (χ4n) is 3.79. The van der Waals surface area contributed by atoms with Crippen LogP contribution in [0.1, 0.15) is 11.1 Å². The lowest BCUT2D eigenvalue weighted by atomic mass is 10.2. The van der Waals surface area contributed by atoms with Gasteiger partial charge in [-0.15, -0.1) is 0 Å². The van der Waals surface area contributed by atoms with Crippen LogP contribution in [0.15, 0.2) is 52.1 Å². The second kappa shape index (κ2) is 7.76. The van der Waals surface area contributed by atoms with E-state index in [-0.39, 0.29) is 13.3 Å². The molecule has 1 N–H and O–H groups in total. The average molecular weight is 454 g/mol. The zero-order valence-corrected chi connectivity index (χ0v) is 18.2. The number of halogens is 1. The standard InChI is InChI=1S/C22H20ClN5O4/c1-26-18-19(25-21(26)24-10-13-6-7-16-17(9-13)32-12-31-16)27(2)22(30)28(20(18)29)11-14-4-3-5-15(23)8-14/h3-9H,10-12H2,1-2H3,(H,24,25). The number of rotatable bonds is 5. The van der Waals surface area contributed by atoms with Crippen molar-refractivity contribution >= 4 is 28.7 Å². The van der Waals surface area contributed by atoms with E-state index < -0.39 is 11.2 Å². The van der Waals surface area contributed by atoms with Gasteiger partial charge in [0, 0.05) is 25.7 Å². The number of anilines is 1. The predicted octanol–water partition coefficient (Wildman–Crippen LogP) is 2.48. The predicted molar refractivity (Wildman–Crippen MR) is 121 cm³/mol. The Hall–Kier alpha value is -3.72. The highest BCUT2D eigenvalue weighted by Crippen LogP contribution is 2.32. The molecule has 2 aromatic heterocycles. The molecule has 4 aromatic rings. The topological polar surface area (TPSA) is 92.3 Å². The molecule has 164 valence electrons. The molecule has 1 aliphatic rings. The van der Waals surface area contributed by atoms with Crippen LogP contribution in [0.4, 0.5) is 5.95 Å². The summed E-state index contributed by atoms with van der Waals surface area (Å²) in [4.78, 5) is 30.6. The van der Waals surface area contributed by atoms with Crippen molar-refractivity contribution in [3.05, 3.63) is 79.5 Å². The van der Waals surface area contributed by atoms with Crippen molar-refractivity contribution in [3.8, 4) is 11.5 Å². The summed E-state index contributed by atoms with van der Waals surface area (Å²) in [5.41, 5.74) is 1.53. The lowest BCUT2D eigenvalue weighted by Gasteiger charge is -2.09. The molecule has 3 heterocycles. The monoisotopic (exact) mass is 453 g/mol. The van der Waals surface area contributed by atoms with Gasteiger partial charge in [0.05, 0.1) is 6.54 Å². The van der Waals surface area contributed by atoms with E-state index in [4.69, 9.17) is 21.1 Å². The van der Waals surface area contributed by atoms with Gasteiger partial charge in [0.2, 0.25) is 12.7 Å². The van der Waals surface area contributed by atoms with Crippen LogP contribution >= 0.6 is 11.6 Å². The van der Waals surface area contributed by atoms with E-state index >= 15 is 0 Å². The number of aromatic nitrogens is 4. The highest BCUT2D eigenvalue weighted by molar-refractivity contribution is 6.30. The van der Waals surface area contributed by atoms with E-state index in [0.29, 0.717) is 40.2 Å². The van der Waals surface area contributed by atoms with Crippen molar-refractivity contribution in [1.82, 2.24) is 18.7 Å². The first-order chi connectivity index (χ1) is 15.4. The maximum absolute atomic E-state index is 13.2. The van der Waals surface area contributed by atoms with Crippen LogP contribution in [-0.4, -0.2) is 25.5 Å². The third-order valence-electron chi connectivity index (χ3n) is 5.48. The summed E-state index contributed by atoms with van der Waals surface area (Å²) in [6, 6.07) is 12.8. The first-order valence-electron chi connectivity index (χ1n) is 9.95. The van der Waals surface area contributed by atoms with Gasteiger partial charge in [-0.2, -0.15) is 4.98 Å². The van der Waals surface area contributed by atoms with Crippen LogP contribution in [0.5, 0.6) is 11.5 Å². The van der Waals surface area contributed by atoms with Gasteiger partial charge in [-0.1, -0.05) is 29.8 Å². The Morgan fingerprint density at radius 3 is 2.66 bits per heavy atom. The van der Waals surface area contributed by atoms with E-state index in [1.165, 1.54) is 9.13 Å².